The summed E-state index contributed by atoms with van der Waals surface area (Å²) in [6, 6.07) is 7.25. The van der Waals surface area contributed by atoms with Crippen molar-refractivity contribution in [1.29, 1.82) is 0 Å². The van der Waals surface area contributed by atoms with E-state index in [4.69, 9.17) is 10.5 Å². The number of amides is 1. The van der Waals surface area contributed by atoms with Crippen LogP contribution in [-0.4, -0.2) is 17.0 Å². The van der Waals surface area contributed by atoms with Crippen LogP contribution < -0.4 is 15.8 Å². The Bertz CT molecular complexity index is 419. The molecule has 1 rings (SSSR count). The Morgan fingerprint density at radius 2 is 2.12 bits per heavy atom. The number of benzene rings is 1. The lowest BCUT2D eigenvalue weighted by atomic mass is 10.2. The number of thiocarbonyl (C=S) groups is 1. The predicted molar refractivity (Wildman–Crippen MR) is 72.2 cm³/mol. The van der Waals surface area contributed by atoms with Gasteiger partial charge in [-0.05, 0) is 26.0 Å². The number of carbonyl (C=O) groups excluding carboxylic acids is 1. The molecule has 0 fully saturated rings. The number of ether oxygens (including phenoxy) is 1. The first-order chi connectivity index (χ1) is 7.99. The molecule has 1 aromatic carbocycles. The van der Waals surface area contributed by atoms with Crippen molar-refractivity contribution in [1.82, 2.24) is 0 Å². The van der Waals surface area contributed by atoms with Gasteiger partial charge in [-0.25, -0.2) is 0 Å². The van der Waals surface area contributed by atoms with E-state index in [2.05, 4.69) is 17.5 Å². The van der Waals surface area contributed by atoms with Gasteiger partial charge in [0, 0.05) is 0 Å². The molecule has 0 spiro atoms. The van der Waals surface area contributed by atoms with Crippen LogP contribution in [0.1, 0.15) is 20.3 Å². The van der Waals surface area contributed by atoms with Gasteiger partial charge in [-0.1, -0.05) is 24.4 Å². The van der Waals surface area contributed by atoms with Crippen molar-refractivity contribution in [3.8, 4) is 5.75 Å². The molecule has 17 heavy (non-hydrogen) atoms. The zero-order chi connectivity index (χ0) is 12.8. The van der Waals surface area contributed by atoms with E-state index < -0.39 is 0 Å². The van der Waals surface area contributed by atoms with Crippen molar-refractivity contribution in [2.24, 2.45) is 5.73 Å². The molecule has 4 nitrogen and oxygen atoms in total. The molecule has 0 aliphatic carbocycles. The fourth-order valence-corrected chi connectivity index (χ4v) is 1.41. The molecule has 0 heterocycles. The van der Waals surface area contributed by atoms with Gasteiger partial charge in [0.05, 0.1) is 23.2 Å². The standard InChI is InChI=1S/C12H16N2O2S/c1-8(2)16-10-6-4-3-5-9(10)14-12(15)7-11(13)17/h3-6,8H,7H2,1-2H3,(H2,13,17)(H,14,15). The molecule has 0 bridgehead atoms. The van der Waals surface area contributed by atoms with Gasteiger partial charge in [-0.2, -0.15) is 0 Å². The van der Waals surface area contributed by atoms with Crippen molar-refractivity contribution in [2.75, 3.05) is 5.32 Å². The molecule has 5 heteroatoms. The molecule has 1 aromatic rings. The minimum absolute atomic E-state index is 0.0331. The molecule has 0 atom stereocenters. The quantitative estimate of drug-likeness (QED) is 0.788. The van der Waals surface area contributed by atoms with Crippen molar-refractivity contribution in [2.45, 2.75) is 26.4 Å². The third kappa shape index (κ3) is 4.82. The molecular weight excluding hydrogens is 236 g/mol. The average Bonchev–Trinajstić information content (AvgIpc) is 2.18. The Balaban J connectivity index is 2.76. The molecular formula is C12H16N2O2S. The highest BCUT2D eigenvalue weighted by Gasteiger charge is 2.09. The Morgan fingerprint density at radius 3 is 2.71 bits per heavy atom. The Labute approximate surface area is 106 Å². The number of carbonyl (C=O) groups is 1. The highest BCUT2D eigenvalue weighted by Crippen LogP contribution is 2.24. The summed E-state index contributed by atoms with van der Waals surface area (Å²) in [5.74, 6) is 0.399. The van der Waals surface area contributed by atoms with E-state index in [0.717, 1.165) is 0 Å². The maximum atomic E-state index is 11.5. The number of nitrogens with one attached hydrogen (secondary N) is 1. The van der Waals surface area contributed by atoms with Crippen molar-refractivity contribution in [3.05, 3.63) is 24.3 Å². The van der Waals surface area contributed by atoms with Crippen LogP contribution in [0.15, 0.2) is 24.3 Å². The van der Waals surface area contributed by atoms with Crippen molar-refractivity contribution >= 4 is 28.8 Å². The summed E-state index contributed by atoms with van der Waals surface area (Å²) in [6.45, 7) is 3.85. The minimum atomic E-state index is -0.239. The SMILES string of the molecule is CC(C)Oc1ccccc1NC(=O)CC(N)=S. The second-order valence-electron chi connectivity index (χ2n) is 3.85. The topological polar surface area (TPSA) is 64.3 Å². The third-order valence-electron chi connectivity index (χ3n) is 1.86. The van der Waals surface area contributed by atoms with Gasteiger partial charge in [0.1, 0.15) is 5.75 Å². The van der Waals surface area contributed by atoms with Crippen LogP contribution in [0.5, 0.6) is 5.75 Å². The third-order valence-corrected chi connectivity index (χ3v) is 2.00. The molecule has 0 saturated carbocycles. The fraction of sp³-hybridized carbons (Fsp3) is 0.333. The van der Waals surface area contributed by atoms with E-state index in [9.17, 15) is 4.79 Å². The Morgan fingerprint density at radius 1 is 1.47 bits per heavy atom. The molecule has 0 aromatic heterocycles. The van der Waals surface area contributed by atoms with Crippen LogP contribution in [0.25, 0.3) is 0 Å². The highest BCUT2D eigenvalue weighted by atomic mass is 32.1. The summed E-state index contributed by atoms with van der Waals surface area (Å²) < 4.78 is 5.57. The first-order valence-corrected chi connectivity index (χ1v) is 5.73. The van der Waals surface area contributed by atoms with E-state index in [-0.39, 0.29) is 23.4 Å². The smallest absolute Gasteiger partial charge is 0.231 e. The monoisotopic (exact) mass is 252 g/mol. The molecule has 0 unspecified atom stereocenters. The molecule has 0 aliphatic heterocycles. The zero-order valence-corrected chi connectivity index (χ0v) is 10.7. The van der Waals surface area contributed by atoms with Gasteiger partial charge in [0.2, 0.25) is 5.91 Å². The maximum absolute atomic E-state index is 11.5. The second-order valence-corrected chi connectivity index (χ2v) is 4.38. The number of nitrogens with two attached hydrogens (primary N) is 1. The van der Waals surface area contributed by atoms with Crippen LogP contribution in [0.3, 0.4) is 0 Å². The first kappa shape index (κ1) is 13.4. The van der Waals surface area contributed by atoms with Gasteiger partial charge >= 0.3 is 0 Å². The summed E-state index contributed by atoms with van der Waals surface area (Å²) in [4.78, 5) is 11.7. The lowest BCUT2D eigenvalue weighted by Gasteiger charge is -2.14. The largest absolute Gasteiger partial charge is 0.489 e. The summed E-state index contributed by atoms with van der Waals surface area (Å²) in [6.07, 6.45) is 0.0781. The van der Waals surface area contributed by atoms with Gasteiger partial charge in [-0.15, -0.1) is 0 Å². The Kier molecular flexibility index (Phi) is 4.90. The fourth-order valence-electron chi connectivity index (χ4n) is 1.28. The Hall–Kier alpha value is -1.62. The van der Waals surface area contributed by atoms with Crippen LogP contribution in [0.4, 0.5) is 5.69 Å². The van der Waals surface area contributed by atoms with Crippen molar-refractivity contribution in [3.63, 3.8) is 0 Å². The van der Waals surface area contributed by atoms with E-state index in [1.165, 1.54) is 0 Å². The summed E-state index contributed by atoms with van der Waals surface area (Å²) in [5.41, 5.74) is 5.93. The van der Waals surface area contributed by atoms with Gasteiger partial charge in [0.25, 0.3) is 0 Å². The molecule has 1 amide bonds. The van der Waals surface area contributed by atoms with Crippen LogP contribution in [0.2, 0.25) is 0 Å². The molecule has 92 valence electrons. The molecule has 0 aliphatic rings. The second kappa shape index (κ2) is 6.20. The van der Waals surface area contributed by atoms with Gasteiger partial charge in [0.15, 0.2) is 0 Å². The zero-order valence-electron chi connectivity index (χ0n) is 9.90. The number of rotatable bonds is 5. The van der Waals surface area contributed by atoms with Crippen molar-refractivity contribution < 1.29 is 9.53 Å². The summed E-state index contributed by atoms with van der Waals surface area (Å²) >= 11 is 4.68. The average molecular weight is 252 g/mol. The molecule has 3 N–H and O–H groups in total. The maximum Gasteiger partial charge on any atom is 0.231 e. The number of para-hydroxylation sites is 2. The normalized spacial score (nSPS) is 10.1. The van der Waals surface area contributed by atoms with E-state index in [1.54, 1.807) is 12.1 Å². The summed E-state index contributed by atoms with van der Waals surface area (Å²) in [5, 5.41) is 2.72. The number of anilines is 1. The van der Waals surface area contributed by atoms with E-state index in [1.807, 2.05) is 26.0 Å². The van der Waals surface area contributed by atoms with E-state index in [0.29, 0.717) is 11.4 Å². The predicted octanol–water partition coefficient (Wildman–Crippen LogP) is 2.09. The highest BCUT2D eigenvalue weighted by molar-refractivity contribution is 7.80. The molecule has 0 radical (unpaired) electrons. The van der Waals surface area contributed by atoms with Crippen LogP contribution >= 0.6 is 12.2 Å². The van der Waals surface area contributed by atoms with Crippen LogP contribution in [-0.2, 0) is 4.79 Å². The lowest BCUT2D eigenvalue weighted by molar-refractivity contribution is -0.115. The first-order valence-electron chi connectivity index (χ1n) is 5.33. The minimum Gasteiger partial charge on any atom is -0.489 e. The lowest BCUT2D eigenvalue weighted by Crippen LogP contribution is -2.20. The van der Waals surface area contributed by atoms with Gasteiger partial charge in [-0.3, -0.25) is 4.79 Å². The van der Waals surface area contributed by atoms with E-state index >= 15 is 0 Å². The number of hydrogen-bond donors (Lipinski definition) is 2. The molecule has 0 saturated heterocycles. The van der Waals surface area contributed by atoms with Crippen LogP contribution in [0, 0.1) is 0 Å². The van der Waals surface area contributed by atoms with Gasteiger partial charge < -0.3 is 15.8 Å². The summed E-state index contributed by atoms with van der Waals surface area (Å²) in [7, 11) is 0. The number of hydrogen-bond acceptors (Lipinski definition) is 3.